The van der Waals surface area contributed by atoms with Gasteiger partial charge in [-0.2, -0.15) is 0 Å². The Bertz CT molecular complexity index is 816. The molecule has 0 spiro atoms. The molecule has 2 aromatic rings. The highest BCUT2D eigenvalue weighted by atomic mass is 16.6. The van der Waals surface area contributed by atoms with E-state index in [0.717, 1.165) is 16.8 Å². The normalized spacial score (nSPS) is 14.6. The van der Waals surface area contributed by atoms with Gasteiger partial charge in [0.1, 0.15) is 0 Å². The van der Waals surface area contributed by atoms with Gasteiger partial charge in [0.2, 0.25) is 0 Å². The van der Waals surface area contributed by atoms with Crippen molar-refractivity contribution in [3.8, 4) is 0 Å². The average molecular weight is 344 g/mol. The Morgan fingerprint density at radius 3 is 2.68 bits per heavy atom. The lowest BCUT2D eigenvalue weighted by Gasteiger charge is -2.36. The van der Waals surface area contributed by atoms with Crippen LogP contribution in [0.1, 0.15) is 12.6 Å². The van der Waals surface area contributed by atoms with E-state index in [-0.39, 0.29) is 11.8 Å². The van der Waals surface area contributed by atoms with Gasteiger partial charge in [0.25, 0.3) is 5.69 Å². The number of hydrogen-bond donors (Lipinski definition) is 0. The van der Waals surface area contributed by atoms with Crippen molar-refractivity contribution >= 4 is 28.4 Å². The molecule has 1 amide bonds. The lowest BCUT2D eigenvalue weighted by Crippen LogP contribution is -2.49. The quantitative estimate of drug-likeness (QED) is 0.628. The summed E-state index contributed by atoms with van der Waals surface area (Å²) in [5.41, 5.74) is 2.04. The molecule has 3 rings (SSSR count). The van der Waals surface area contributed by atoms with Crippen molar-refractivity contribution in [3.05, 3.63) is 40.1 Å². The number of pyridine rings is 1. The van der Waals surface area contributed by atoms with Crippen LogP contribution in [0.25, 0.3) is 10.9 Å². The molecule has 1 aromatic heterocycles. The highest BCUT2D eigenvalue weighted by Crippen LogP contribution is 2.32. The molecule has 8 heteroatoms. The molecule has 0 N–H and O–H groups in total. The maximum atomic E-state index is 11.8. The summed E-state index contributed by atoms with van der Waals surface area (Å²) >= 11 is 0. The molecular weight excluding hydrogens is 324 g/mol. The van der Waals surface area contributed by atoms with Crippen LogP contribution in [-0.4, -0.2) is 53.7 Å². The minimum Gasteiger partial charge on any atom is -0.450 e. The summed E-state index contributed by atoms with van der Waals surface area (Å²) < 4.78 is 5.04. The standard InChI is InChI=1S/C17H20N4O4/c1-3-25-17(22)20-9-7-19(8-10-20)15-11-12(2)18-16-13(15)5-4-6-14(16)21(23)24/h4-6,11H,3,7-10H2,1-2H3. The van der Waals surface area contributed by atoms with Crippen LogP contribution in [0.2, 0.25) is 0 Å². The van der Waals surface area contributed by atoms with Crippen molar-refractivity contribution in [2.45, 2.75) is 13.8 Å². The molecule has 25 heavy (non-hydrogen) atoms. The summed E-state index contributed by atoms with van der Waals surface area (Å²) in [5.74, 6) is 0. The fourth-order valence-electron chi connectivity index (χ4n) is 3.09. The van der Waals surface area contributed by atoms with Gasteiger partial charge in [0.15, 0.2) is 5.52 Å². The minimum atomic E-state index is -0.406. The van der Waals surface area contributed by atoms with Crippen LogP contribution in [0.4, 0.5) is 16.2 Å². The Balaban J connectivity index is 1.91. The van der Waals surface area contributed by atoms with Crippen LogP contribution >= 0.6 is 0 Å². The molecule has 0 aliphatic carbocycles. The number of carbonyl (C=O) groups is 1. The van der Waals surface area contributed by atoms with Crippen LogP contribution < -0.4 is 4.90 Å². The summed E-state index contributed by atoms with van der Waals surface area (Å²) in [5, 5.41) is 12.0. The van der Waals surface area contributed by atoms with Gasteiger partial charge in [-0.1, -0.05) is 12.1 Å². The van der Waals surface area contributed by atoms with Gasteiger partial charge >= 0.3 is 6.09 Å². The first kappa shape index (κ1) is 16.9. The molecule has 8 nitrogen and oxygen atoms in total. The number of nitrogens with zero attached hydrogens (tertiary/aromatic N) is 4. The predicted molar refractivity (Wildman–Crippen MR) is 93.9 cm³/mol. The fourth-order valence-corrected chi connectivity index (χ4v) is 3.09. The van der Waals surface area contributed by atoms with Gasteiger partial charge in [0, 0.05) is 49.0 Å². The van der Waals surface area contributed by atoms with E-state index in [0.29, 0.717) is 38.3 Å². The summed E-state index contributed by atoms with van der Waals surface area (Å²) in [6.45, 7) is 6.35. The molecule has 1 saturated heterocycles. The number of carbonyl (C=O) groups excluding carboxylic acids is 1. The van der Waals surface area contributed by atoms with Crippen molar-refractivity contribution < 1.29 is 14.5 Å². The smallest absolute Gasteiger partial charge is 0.409 e. The monoisotopic (exact) mass is 344 g/mol. The maximum absolute atomic E-state index is 11.8. The molecule has 0 saturated carbocycles. The zero-order valence-corrected chi connectivity index (χ0v) is 14.3. The second-order valence-electron chi connectivity index (χ2n) is 5.89. The molecule has 0 radical (unpaired) electrons. The van der Waals surface area contributed by atoms with Crippen LogP contribution in [0.15, 0.2) is 24.3 Å². The summed E-state index contributed by atoms with van der Waals surface area (Å²) in [6.07, 6.45) is -0.298. The number of benzene rings is 1. The molecule has 132 valence electrons. The number of nitro benzene ring substituents is 1. The number of fused-ring (bicyclic) bond motifs is 1. The van der Waals surface area contributed by atoms with E-state index in [9.17, 15) is 14.9 Å². The number of piperazine rings is 1. The molecule has 1 fully saturated rings. The van der Waals surface area contributed by atoms with Crippen molar-refractivity contribution in [3.63, 3.8) is 0 Å². The van der Waals surface area contributed by atoms with Crippen molar-refractivity contribution in [1.29, 1.82) is 0 Å². The second kappa shape index (κ2) is 6.92. The Labute approximate surface area is 145 Å². The first-order valence-electron chi connectivity index (χ1n) is 8.22. The SMILES string of the molecule is CCOC(=O)N1CCN(c2cc(C)nc3c([N+](=O)[O-])cccc23)CC1. The van der Waals surface area contributed by atoms with Gasteiger partial charge in [-0.05, 0) is 19.9 Å². The molecule has 1 aliphatic heterocycles. The lowest BCUT2D eigenvalue weighted by atomic mass is 10.1. The summed E-state index contributed by atoms with van der Waals surface area (Å²) in [7, 11) is 0. The molecule has 1 aromatic carbocycles. The minimum absolute atomic E-state index is 0.00705. The number of nitro groups is 1. The van der Waals surface area contributed by atoms with E-state index < -0.39 is 4.92 Å². The van der Waals surface area contributed by atoms with Crippen LogP contribution in [0.3, 0.4) is 0 Å². The van der Waals surface area contributed by atoms with Crippen LogP contribution in [0, 0.1) is 17.0 Å². The number of rotatable bonds is 3. The predicted octanol–water partition coefficient (Wildman–Crippen LogP) is 2.73. The van der Waals surface area contributed by atoms with Crippen molar-refractivity contribution in [1.82, 2.24) is 9.88 Å². The second-order valence-corrected chi connectivity index (χ2v) is 5.89. The third kappa shape index (κ3) is 3.33. The number of aromatic nitrogens is 1. The fraction of sp³-hybridized carbons (Fsp3) is 0.412. The lowest BCUT2D eigenvalue weighted by molar-refractivity contribution is -0.383. The molecule has 1 aliphatic rings. The van der Waals surface area contributed by atoms with E-state index in [4.69, 9.17) is 4.74 Å². The highest BCUT2D eigenvalue weighted by Gasteiger charge is 2.24. The van der Waals surface area contributed by atoms with Crippen LogP contribution in [0.5, 0.6) is 0 Å². The Morgan fingerprint density at radius 2 is 2.04 bits per heavy atom. The number of hydrogen-bond acceptors (Lipinski definition) is 6. The Kier molecular flexibility index (Phi) is 4.69. The summed E-state index contributed by atoms with van der Waals surface area (Å²) in [6, 6.07) is 6.93. The third-order valence-corrected chi connectivity index (χ3v) is 4.27. The van der Waals surface area contributed by atoms with Crippen LogP contribution in [-0.2, 0) is 4.74 Å². The number of para-hydroxylation sites is 1. The highest BCUT2D eigenvalue weighted by molar-refractivity contribution is 5.97. The van der Waals surface area contributed by atoms with Gasteiger partial charge in [-0.3, -0.25) is 10.1 Å². The molecule has 0 bridgehead atoms. The largest absolute Gasteiger partial charge is 0.450 e. The summed E-state index contributed by atoms with van der Waals surface area (Å²) in [4.78, 5) is 30.9. The third-order valence-electron chi connectivity index (χ3n) is 4.27. The molecule has 0 unspecified atom stereocenters. The number of non-ortho nitro benzene ring substituents is 1. The van der Waals surface area contributed by atoms with Gasteiger partial charge in [-0.15, -0.1) is 0 Å². The first-order chi connectivity index (χ1) is 12.0. The van der Waals surface area contributed by atoms with E-state index in [1.54, 1.807) is 17.9 Å². The number of aryl methyl sites for hydroxylation is 1. The zero-order chi connectivity index (χ0) is 18.0. The van der Waals surface area contributed by atoms with E-state index in [2.05, 4.69) is 9.88 Å². The molecule has 0 atom stereocenters. The van der Waals surface area contributed by atoms with Crippen molar-refractivity contribution in [2.24, 2.45) is 0 Å². The topological polar surface area (TPSA) is 88.8 Å². The van der Waals surface area contributed by atoms with Gasteiger partial charge < -0.3 is 14.5 Å². The first-order valence-corrected chi connectivity index (χ1v) is 8.22. The average Bonchev–Trinajstić information content (AvgIpc) is 2.60. The number of amides is 1. The van der Waals surface area contributed by atoms with E-state index >= 15 is 0 Å². The van der Waals surface area contributed by atoms with Gasteiger partial charge in [-0.25, -0.2) is 9.78 Å². The van der Waals surface area contributed by atoms with Crippen molar-refractivity contribution in [2.75, 3.05) is 37.7 Å². The van der Waals surface area contributed by atoms with Gasteiger partial charge in [0.05, 0.1) is 11.5 Å². The number of ether oxygens (including phenoxy) is 1. The molecule has 2 heterocycles. The number of anilines is 1. The maximum Gasteiger partial charge on any atom is 0.409 e. The van der Waals surface area contributed by atoms with E-state index in [1.807, 2.05) is 19.1 Å². The van der Waals surface area contributed by atoms with E-state index in [1.165, 1.54) is 6.07 Å². The molecular formula is C17H20N4O4. The zero-order valence-electron chi connectivity index (χ0n) is 14.3. The Morgan fingerprint density at radius 1 is 1.32 bits per heavy atom. The Hall–Kier alpha value is -2.90.